The minimum Gasteiger partial charge on any atom is -0.481 e. The number of aliphatic hydroxyl groups is 1. The van der Waals surface area contributed by atoms with Gasteiger partial charge < -0.3 is 10.2 Å². The highest BCUT2D eigenvalue weighted by molar-refractivity contribution is 8.07. The molecule has 3 nitrogen and oxygen atoms in total. The average Bonchev–Trinajstić information content (AvgIpc) is 2.71. The molecule has 36 heavy (non-hydrogen) atoms. The molecule has 0 atom stereocenters. The largest absolute Gasteiger partial charge is 0.481 e. The van der Waals surface area contributed by atoms with Crippen LogP contribution in [0.4, 0.5) is 0 Å². The molecular weight excluding hydrogens is 484 g/mol. The molecule has 0 radical (unpaired) electrons. The SMILES string of the molecule is CC1(C)C=C(CCCC2=CC(C)(C)C=C(CCCC(C)(C)C(=O)O)S2)SC(CCCC(C)(C)CO)=C1. The van der Waals surface area contributed by atoms with E-state index in [1.165, 1.54) is 19.6 Å². The van der Waals surface area contributed by atoms with Crippen molar-refractivity contribution in [2.75, 3.05) is 6.61 Å². The van der Waals surface area contributed by atoms with Crippen LogP contribution in [0.2, 0.25) is 0 Å². The summed E-state index contributed by atoms with van der Waals surface area (Å²) >= 11 is 3.88. The van der Waals surface area contributed by atoms with E-state index in [4.69, 9.17) is 0 Å². The smallest absolute Gasteiger partial charge is 0.309 e. The summed E-state index contributed by atoms with van der Waals surface area (Å²) in [4.78, 5) is 17.2. The average molecular weight is 535 g/mol. The third-order valence-corrected chi connectivity index (χ3v) is 9.35. The van der Waals surface area contributed by atoms with Crippen LogP contribution < -0.4 is 0 Å². The van der Waals surface area contributed by atoms with Gasteiger partial charge in [0.1, 0.15) is 0 Å². The lowest BCUT2D eigenvalue weighted by molar-refractivity contribution is -0.147. The van der Waals surface area contributed by atoms with Crippen LogP contribution in [0.3, 0.4) is 0 Å². The summed E-state index contributed by atoms with van der Waals surface area (Å²) in [6.45, 7) is 17.3. The molecule has 0 aliphatic carbocycles. The van der Waals surface area contributed by atoms with Crippen molar-refractivity contribution < 1.29 is 15.0 Å². The van der Waals surface area contributed by atoms with Crippen molar-refractivity contribution in [3.63, 3.8) is 0 Å². The fraction of sp³-hybridized carbons (Fsp3) is 0.710. The lowest BCUT2D eigenvalue weighted by Gasteiger charge is -2.28. The summed E-state index contributed by atoms with van der Waals surface area (Å²) in [7, 11) is 0. The van der Waals surface area contributed by atoms with Gasteiger partial charge in [-0.2, -0.15) is 0 Å². The van der Waals surface area contributed by atoms with Gasteiger partial charge in [0.25, 0.3) is 0 Å². The Balaban J connectivity index is 1.86. The Hall–Kier alpha value is -0.910. The highest BCUT2D eigenvalue weighted by atomic mass is 32.2. The molecule has 2 aliphatic rings. The van der Waals surface area contributed by atoms with Crippen LogP contribution in [0.25, 0.3) is 0 Å². The number of carboxylic acid groups (broad SMARTS) is 1. The second-order valence-corrected chi connectivity index (χ2v) is 15.9. The first-order valence-corrected chi connectivity index (χ1v) is 15.2. The maximum absolute atomic E-state index is 11.4. The van der Waals surface area contributed by atoms with E-state index in [-0.39, 0.29) is 22.9 Å². The number of allylic oxidation sites excluding steroid dienone is 8. The molecule has 0 amide bonds. The zero-order valence-electron chi connectivity index (χ0n) is 24.0. The van der Waals surface area contributed by atoms with E-state index < -0.39 is 11.4 Å². The first-order chi connectivity index (χ1) is 16.5. The van der Waals surface area contributed by atoms with Gasteiger partial charge in [-0.05, 0) is 96.7 Å². The number of aliphatic carboxylic acids is 1. The molecule has 0 saturated heterocycles. The van der Waals surface area contributed by atoms with Gasteiger partial charge in [-0.1, -0.05) is 89.4 Å². The zero-order valence-corrected chi connectivity index (χ0v) is 25.6. The van der Waals surface area contributed by atoms with Crippen LogP contribution in [0, 0.1) is 21.7 Å². The standard InChI is InChI=1S/C31H50O3S2/c1-28(2,22-32)16-10-14-25-20-29(3,4)18-23(35-25)12-9-13-24-19-30(5,6)21-26(36-24)15-11-17-31(7,8)27(33)34/h18-21,32H,9-17,22H2,1-8H3,(H,33,34). The monoisotopic (exact) mass is 534 g/mol. The lowest BCUT2D eigenvalue weighted by Crippen LogP contribution is -2.23. The molecule has 2 rings (SSSR count). The van der Waals surface area contributed by atoms with Gasteiger partial charge in [0.2, 0.25) is 0 Å². The Morgan fingerprint density at radius 3 is 1.44 bits per heavy atom. The Labute approximate surface area is 229 Å². The van der Waals surface area contributed by atoms with Gasteiger partial charge in [0.05, 0.1) is 5.41 Å². The van der Waals surface area contributed by atoms with E-state index in [2.05, 4.69) is 65.8 Å². The summed E-state index contributed by atoms with van der Waals surface area (Å²) < 4.78 is 0. The Morgan fingerprint density at radius 1 is 0.722 bits per heavy atom. The van der Waals surface area contributed by atoms with Crippen LogP contribution in [0.1, 0.15) is 113 Å². The molecule has 0 unspecified atom stereocenters. The Morgan fingerprint density at radius 2 is 1.08 bits per heavy atom. The molecule has 204 valence electrons. The number of carboxylic acids is 1. The predicted octanol–water partition coefficient (Wildman–Crippen LogP) is 9.71. The van der Waals surface area contributed by atoms with Gasteiger partial charge in [-0.3, -0.25) is 4.79 Å². The van der Waals surface area contributed by atoms with Gasteiger partial charge in [-0.15, -0.1) is 0 Å². The van der Waals surface area contributed by atoms with Crippen LogP contribution in [0.5, 0.6) is 0 Å². The van der Waals surface area contributed by atoms with Gasteiger partial charge in [-0.25, -0.2) is 0 Å². The van der Waals surface area contributed by atoms with E-state index >= 15 is 0 Å². The first kappa shape index (κ1) is 31.3. The minimum absolute atomic E-state index is 0.00695. The number of hydrogen-bond acceptors (Lipinski definition) is 4. The van der Waals surface area contributed by atoms with Crippen molar-refractivity contribution in [3.8, 4) is 0 Å². The summed E-state index contributed by atoms with van der Waals surface area (Å²) in [6, 6.07) is 0. The molecule has 0 aromatic carbocycles. The number of thioether (sulfide) groups is 2. The van der Waals surface area contributed by atoms with E-state index in [1.807, 2.05) is 37.4 Å². The molecule has 0 aromatic heterocycles. The molecule has 2 aliphatic heterocycles. The van der Waals surface area contributed by atoms with Crippen molar-refractivity contribution in [1.82, 2.24) is 0 Å². The van der Waals surface area contributed by atoms with Crippen molar-refractivity contribution in [3.05, 3.63) is 43.9 Å². The number of carbonyl (C=O) groups is 1. The zero-order chi connectivity index (χ0) is 27.2. The Bertz CT molecular complexity index is 901. The first-order valence-electron chi connectivity index (χ1n) is 13.6. The molecule has 0 aromatic rings. The molecule has 2 N–H and O–H groups in total. The van der Waals surface area contributed by atoms with Crippen molar-refractivity contribution in [2.24, 2.45) is 21.7 Å². The summed E-state index contributed by atoms with van der Waals surface area (Å²) in [5.41, 5.74) is -0.497. The summed E-state index contributed by atoms with van der Waals surface area (Å²) in [5.74, 6) is -0.709. The van der Waals surface area contributed by atoms with Crippen LogP contribution in [-0.4, -0.2) is 22.8 Å². The fourth-order valence-corrected chi connectivity index (χ4v) is 7.87. The van der Waals surface area contributed by atoms with E-state index in [1.54, 1.807) is 0 Å². The highest BCUT2D eigenvalue weighted by Crippen LogP contribution is 2.46. The van der Waals surface area contributed by atoms with Gasteiger partial charge in [0.15, 0.2) is 0 Å². The Kier molecular flexibility index (Phi) is 11.1. The molecule has 0 saturated carbocycles. The van der Waals surface area contributed by atoms with Gasteiger partial charge >= 0.3 is 5.97 Å². The minimum atomic E-state index is -0.709. The quantitative estimate of drug-likeness (QED) is 0.232. The molecule has 0 bridgehead atoms. The van der Waals surface area contributed by atoms with E-state index in [0.29, 0.717) is 6.42 Å². The van der Waals surface area contributed by atoms with Crippen molar-refractivity contribution in [2.45, 2.75) is 113 Å². The van der Waals surface area contributed by atoms with Crippen LogP contribution >= 0.6 is 23.5 Å². The maximum atomic E-state index is 11.4. The summed E-state index contributed by atoms with van der Waals surface area (Å²) in [5, 5.41) is 18.9. The van der Waals surface area contributed by atoms with E-state index in [9.17, 15) is 15.0 Å². The fourth-order valence-electron chi connectivity index (χ4n) is 4.76. The van der Waals surface area contributed by atoms with Crippen molar-refractivity contribution >= 4 is 29.5 Å². The molecule has 0 spiro atoms. The summed E-state index contributed by atoms with van der Waals surface area (Å²) in [6.07, 6.45) is 18.8. The third-order valence-electron chi connectivity index (χ3n) is 7.01. The van der Waals surface area contributed by atoms with E-state index in [0.717, 1.165) is 51.4 Å². The highest BCUT2D eigenvalue weighted by Gasteiger charge is 2.27. The maximum Gasteiger partial charge on any atom is 0.309 e. The lowest BCUT2D eigenvalue weighted by atomic mass is 9.86. The molecular formula is C31H50O3S2. The predicted molar refractivity (Wildman–Crippen MR) is 159 cm³/mol. The van der Waals surface area contributed by atoms with Gasteiger partial charge in [0, 0.05) is 17.4 Å². The second-order valence-electron chi connectivity index (χ2n) is 13.4. The molecule has 0 fully saturated rings. The molecule has 5 heteroatoms. The third kappa shape index (κ3) is 10.8. The van der Waals surface area contributed by atoms with Crippen molar-refractivity contribution in [1.29, 1.82) is 0 Å². The normalized spacial score (nSPS) is 19.8. The number of hydrogen-bond donors (Lipinski definition) is 2. The number of rotatable bonds is 14. The van der Waals surface area contributed by atoms with Crippen LogP contribution in [0.15, 0.2) is 43.9 Å². The molecule has 2 heterocycles. The second kappa shape index (κ2) is 12.8. The van der Waals surface area contributed by atoms with Crippen LogP contribution in [-0.2, 0) is 4.79 Å². The number of aliphatic hydroxyl groups excluding tert-OH is 1. The topological polar surface area (TPSA) is 57.5 Å².